The zero-order valence-electron chi connectivity index (χ0n) is 9.95. The number of amides is 1. The zero-order valence-corrected chi connectivity index (χ0v) is 11.5. The molecule has 1 fully saturated rings. The Morgan fingerprint density at radius 1 is 1.53 bits per heavy atom. The number of hydrogen-bond acceptors (Lipinski definition) is 3. The fourth-order valence-corrected chi connectivity index (χ4v) is 2.12. The molecule has 0 bridgehead atoms. The highest BCUT2D eigenvalue weighted by Crippen LogP contribution is 2.25. The van der Waals surface area contributed by atoms with Gasteiger partial charge in [0, 0.05) is 12.2 Å². The van der Waals surface area contributed by atoms with Gasteiger partial charge >= 0.3 is 0 Å². The van der Waals surface area contributed by atoms with Crippen LogP contribution in [0.15, 0.2) is 24.4 Å². The van der Waals surface area contributed by atoms with Gasteiger partial charge in [-0.25, -0.2) is 0 Å². The maximum Gasteiger partial charge on any atom is 0.252 e. The van der Waals surface area contributed by atoms with Gasteiger partial charge in [0.15, 0.2) is 0 Å². The van der Waals surface area contributed by atoms with Crippen molar-refractivity contribution in [3.05, 3.63) is 24.4 Å². The van der Waals surface area contributed by atoms with E-state index in [4.69, 9.17) is 0 Å². The molecule has 0 aromatic rings. The maximum atomic E-state index is 11.7. The van der Waals surface area contributed by atoms with Crippen molar-refractivity contribution in [3.63, 3.8) is 0 Å². The Hall–Kier alpha value is -0.810. The summed E-state index contributed by atoms with van der Waals surface area (Å²) < 4.78 is -0.353. The second-order valence-corrected chi connectivity index (χ2v) is 6.24. The van der Waals surface area contributed by atoms with Gasteiger partial charge in [0.25, 0.3) is 5.91 Å². The van der Waals surface area contributed by atoms with E-state index < -0.39 is 0 Å². The van der Waals surface area contributed by atoms with Crippen LogP contribution >= 0.6 is 15.9 Å². The minimum Gasteiger partial charge on any atom is -0.306 e. The summed E-state index contributed by atoms with van der Waals surface area (Å²) in [5.74, 6) is -0.0116. The van der Waals surface area contributed by atoms with E-state index in [2.05, 4.69) is 26.7 Å². The van der Waals surface area contributed by atoms with Crippen molar-refractivity contribution in [2.24, 2.45) is 0 Å². The summed E-state index contributed by atoms with van der Waals surface area (Å²) in [6.45, 7) is 2.36. The predicted molar refractivity (Wildman–Crippen MR) is 71.2 cm³/mol. The van der Waals surface area contributed by atoms with E-state index >= 15 is 0 Å². The fourth-order valence-electron chi connectivity index (χ4n) is 1.76. The number of halogens is 1. The first-order valence-corrected chi connectivity index (χ1v) is 6.74. The summed E-state index contributed by atoms with van der Waals surface area (Å²) in [6.07, 6.45) is 11.3. The molecule has 0 radical (unpaired) electrons. The molecule has 1 saturated carbocycles. The van der Waals surface area contributed by atoms with Crippen LogP contribution < -0.4 is 10.7 Å². The summed E-state index contributed by atoms with van der Waals surface area (Å²) in [4.78, 5) is 11.7. The van der Waals surface area contributed by atoms with Crippen molar-refractivity contribution < 1.29 is 4.79 Å². The SMILES string of the molecule is CC1(Br)C=CC=CN1NC(=O)CNC1CCC1. The van der Waals surface area contributed by atoms with Gasteiger partial charge in [0.2, 0.25) is 0 Å². The van der Waals surface area contributed by atoms with E-state index in [1.807, 2.05) is 31.4 Å². The Labute approximate surface area is 110 Å². The number of hydrazine groups is 1. The van der Waals surface area contributed by atoms with E-state index in [-0.39, 0.29) is 10.4 Å². The molecule has 4 nitrogen and oxygen atoms in total. The number of alkyl halides is 1. The topological polar surface area (TPSA) is 44.4 Å². The van der Waals surface area contributed by atoms with Crippen LogP contribution in [0.2, 0.25) is 0 Å². The summed E-state index contributed by atoms with van der Waals surface area (Å²) >= 11 is 3.54. The number of nitrogens with one attached hydrogen (secondary N) is 2. The molecule has 17 heavy (non-hydrogen) atoms. The molecule has 0 aromatic heterocycles. The quantitative estimate of drug-likeness (QED) is 0.613. The van der Waals surface area contributed by atoms with Crippen LogP contribution in [0.1, 0.15) is 26.2 Å². The van der Waals surface area contributed by atoms with Crippen molar-refractivity contribution in [2.75, 3.05) is 6.54 Å². The van der Waals surface area contributed by atoms with Crippen LogP contribution in [0.3, 0.4) is 0 Å². The van der Waals surface area contributed by atoms with Gasteiger partial charge in [0.1, 0.15) is 4.45 Å². The largest absolute Gasteiger partial charge is 0.306 e. The highest BCUT2D eigenvalue weighted by molar-refractivity contribution is 9.10. The fraction of sp³-hybridized carbons (Fsp3) is 0.583. The number of allylic oxidation sites excluding steroid dienone is 2. The first-order valence-electron chi connectivity index (χ1n) is 5.95. The van der Waals surface area contributed by atoms with E-state index in [0.717, 1.165) is 0 Å². The predicted octanol–water partition coefficient (Wildman–Crippen LogP) is 1.66. The van der Waals surface area contributed by atoms with Crippen LogP contribution in [-0.2, 0) is 4.79 Å². The third kappa shape index (κ3) is 3.33. The van der Waals surface area contributed by atoms with Crippen LogP contribution in [0, 0.1) is 0 Å². The van der Waals surface area contributed by atoms with Crippen molar-refractivity contribution in [1.82, 2.24) is 15.8 Å². The Balaban J connectivity index is 1.77. The smallest absolute Gasteiger partial charge is 0.252 e. The Morgan fingerprint density at radius 2 is 2.29 bits per heavy atom. The van der Waals surface area contributed by atoms with Crippen LogP contribution in [-0.4, -0.2) is 28.0 Å². The number of nitrogens with zero attached hydrogens (tertiary/aromatic N) is 1. The van der Waals surface area contributed by atoms with E-state index in [1.165, 1.54) is 19.3 Å². The van der Waals surface area contributed by atoms with Gasteiger partial charge < -0.3 is 5.32 Å². The van der Waals surface area contributed by atoms with Gasteiger partial charge in [-0.2, -0.15) is 0 Å². The van der Waals surface area contributed by atoms with Crippen LogP contribution in [0.25, 0.3) is 0 Å². The summed E-state index contributed by atoms with van der Waals surface area (Å²) in [7, 11) is 0. The molecule has 1 heterocycles. The molecule has 0 saturated heterocycles. The zero-order chi connectivity index (χ0) is 12.3. The van der Waals surface area contributed by atoms with Gasteiger partial charge in [-0.3, -0.25) is 15.2 Å². The van der Waals surface area contributed by atoms with Crippen LogP contribution in [0.4, 0.5) is 0 Å². The lowest BCUT2D eigenvalue weighted by molar-refractivity contribution is -0.124. The first kappa shape index (κ1) is 12.6. The molecule has 1 aliphatic heterocycles. The summed E-state index contributed by atoms with van der Waals surface area (Å²) in [5.41, 5.74) is 2.86. The second-order valence-electron chi connectivity index (χ2n) is 4.64. The third-order valence-corrected chi connectivity index (χ3v) is 3.77. The molecule has 2 aliphatic rings. The lowest BCUT2D eigenvalue weighted by atomic mass is 9.93. The van der Waals surface area contributed by atoms with Crippen molar-refractivity contribution in [1.29, 1.82) is 0 Å². The number of carbonyl (C=O) groups is 1. The molecular formula is C12H18BrN3O. The molecule has 1 aliphatic carbocycles. The van der Waals surface area contributed by atoms with Gasteiger partial charge in [-0.1, -0.05) is 28.4 Å². The van der Waals surface area contributed by atoms with E-state index in [9.17, 15) is 4.79 Å². The second kappa shape index (κ2) is 5.23. The lowest BCUT2D eigenvalue weighted by Crippen LogP contribution is -2.52. The Morgan fingerprint density at radius 3 is 2.88 bits per heavy atom. The van der Waals surface area contributed by atoms with Crippen molar-refractivity contribution in [3.8, 4) is 0 Å². The van der Waals surface area contributed by atoms with Crippen molar-refractivity contribution >= 4 is 21.8 Å². The third-order valence-electron chi connectivity index (χ3n) is 3.12. The number of hydrogen-bond donors (Lipinski definition) is 2. The normalized spacial score (nSPS) is 28.0. The van der Waals surface area contributed by atoms with Gasteiger partial charge in [0.05, 0.1) is 6.54 Å². The summed E-state index contributed by atoms with van der Waals surface area (Å²) in [6, 6.07) is 0.535. The van der Waals surface area contributed by atoms with Gasteiger partial charge in [-0.05, 0) is 31.9 Å². The highest BCUT2D eigenvalue weighted by atomic mass is 79.9. The Kier molecular flexibility index (Phi) is 3.89. The monoisotopic (exact) mass is 299 g/mol. The standard InChI is InChI=1S/C12H18BrN3O/c1-12(13)7-2-3-8-16(12)15-11(17)9-14-10-5-4-6-10/h2-3,7-8,10,14H,4-6,9H2,1H3,(H,15,17). The molecule has 1 unspecified atom stereocenters. The Bertz CT molecular complexity index is 348. The minimum absolute atomic E-state index is 0.0116. The maximum absolute atomic E-state index is 11.7. The average Bonchev–Trinajstić information content (AvgIpc) is 2.19. The summed E-state index contributed by atoms with van der Waals surface area (Å²) in [5, 5.41) is 5.00. The molecule has 2 N–H and O–H groups in total. The molecule has 2 rings (SSSR count). The molecule has 0 aromatic carbocycles. The first-order chi connectivity index (χ1) is 8.08. The van der Waals surface area contributed by atoms with E-state index in [1.54, 1.807) is 5.01 Å². The van der Waals surface area contributed by atoms with Gasteiger partial charge in [-0.15, -0.1) is 0 Å². The average molecular weight is 300 g/mol. The molecule has 94 valence electrons. The van der Waals surface area contributed by atoms with E-state index in [0.29, 0.717) is 12.6 Å². The van der Waals surface area contributed by atoms with Crippen molar-refractivity contribution in [2.45, 2.75) is 36.7 Å². The molecule has 1 amide bonds. The highest BCUT2D eigenvalue weighted by Gasteiger charge is 2.26. The molecular weight excluding hydrogens is 282 g/mol. The molecule has 0 spiro atoms. The minimum atomic E-state index is -0.353. The molecule has 1 atom stereocenters. The number of carbonyl (C=O) groups excluding carboxylic acids is 1. The number of rotatable bonds is 4. The van der Waals surface area contributed by atoms with Crippen LogP contribution in [0.5, 0.6) is 0 Å². The lowest BCUT2D eigenvalue weighted by Gasteiger charge is -2.35. The molecule has 5 heteroatoms.